The molecule has 0 unspecified atom stereocenters. The first-order chi connectivity index (χ1) is 9.24. The molecule has 102 valence electrons. The molecule has 1 N–H and O–H groups in total. The summed E-state index contributed by atoms with van der Waals surface area (Å²) in [4.78, 5) is 17.5. The molecule has 1 saturated heterocycles. The number of hydrogen-bond donors (Lipinski definition) is 1. The average molecular weight is 280 g/mol. The highest BCUT2D eigenvalue weighted by Gasteiger charge is 2.41. The molecule has 6 heteroatoms. The number of hydrogen-bond acceptors (Lipinski definition) is 5. The van der Waals surface area contributed by atoms with Crippen molar-refractivity contribution in [1.29, 1.82) is 0 Å². The summed E-state index contributed by atoms with van der Waals surface area (Å²) < 4.78 is 11.5. The normalized spacial score (nSPS) is 24.4. The van der Waals surface area contributed by atoms with E-state index in [1.54, 1.807) is 11.3 Å². The van der Waals surface area contributed by atoms with Crippen molar-refractivity contribution in [3.63, 3.8) is 0 Å². The van der Waals surface area contributed by atoms with Gasteiger partial charge in [-0.2, -0.15) is 0 Å². The van der Waals surface area contributed by atoms with Crippen LogP contribution in [0.4, 0.5) is 5.13 Å². The molecule has 1 aromatic heterocycles. The monoisotopic (exact) mass is 280 g/mol. The lowest BCUT2D eigenvalue weighted by molar-refractivity contribution is -0.163. The molecule has 1 saturated carbocycles. The van der Waals surface area contributed by atoms with Crippen molar-refractivity contribution in [3.8, 4) is 0 Å². The largest absolute Gasteiger partial charge is 0.347 e. The van der Waals surface area contributed by atoms with Gasteiger partial charge in [-0.05, 0) is 19.3 Å². The summed E-state index contributed by atoms with van der Waals surface area (Å²) in [6.45, 7) is 1.36. The number of amides is 1. The minimum absolute atomic E-state index is 0.120. The zero-order valence-electron chi connectivity index (χ0n) is 10.6. The lowest BCUT2D eigenvalue weighted by atomic mass is 9.96. The van der Waals surface area contributed by atoms with Crippen LogP contribution in [0.2, 0.25) is 0 Å². The zero-order valence-corrected chi connectivity index (χ0v) is 11.4. The number of ether oxygens (including phenoxy) is 2. The Morgan fingerprint density at radius 1 is 1.37 bits per heavy atom. The quantitative estimate of drug-likeness (QED) is 0.896. The van der Waals surface area contributed by atoms with E-state index in [9.17, 15) is 4.79 Å². The van der Waals surface area contributed by atoms with Gasteiger partial charge < -0.3 is 14.8 Å². The van der Waals surface area contributed by atoms with Crippen molar-refractivity contribution >= 4 is 22.4 Å². The zero-order chi connectivity index (χ0) is 12.9. The van der Waals surface area contributed by atoms with Gasteiger partial charge >= 0.3 is 0 Å². The molecule has 2 aliphatic carbocycles. The van der Waals surface area contributed by atoms with Gasteiger partial charge in [0.25, 0.3) is 0 Å². The minimum Gasteiger partial charge on any atom is -0.347 e. The summed E-state index contributed by atoms with van der Waals surface area (Å²) in [6.07, 6.45) is 4.52. The molecule has 1 aliphatic heterocycles. The molecule has 0 aromatic carbocycles. The molecule has 4 rings (SSSR count). The molecule has 2 heterocycles. The van der Waals surface area contributed by atoms with Crippen molar-refractivity contribution in [1.82, 2.24) is 4.98 Å². The number of aromatic nitrogens is 1. The maximum absolute atomic E-state index is 11.7. The third kappa shape index (κ3) is 2.17. The van der Waals surface area contributed by atoms with Crippen molar-refractivity contribution in [2.24, 2.45) is 5.92 Å². The number of carbonyl (C=O) groups excluding carboxylic acids is 1. The maximum Gasteiger partial charge on any atom is 0.229 e. The number of fused-ring (bicyclic) bond motifs is 1. The molecule has 0 atom stereocenters. The number of nitrogens with one attached hydrogen (secondary N) is 1. The van der Waals surface area contributed by atoms with Crippen molar-refractivity contribution in [3.05, 3.63) is 10.6 Å². The van der Waals surface area contributed by atoms with Crippen molar-refractivity contribution in [2.75, 3.05) is 18.5 Å². The third-order valence-corrected chi connectivity index (χ3v) is 4.96. The van der Waals surface area contributed by atoms with Gasteiger partial charge in [-0.15, -0.1) is 11.3 Å². The van der Waals surface area contributed by atoms with Crippen LogP contribution in [0.3, 0.4) is 0 Å². The molecule has 2 fully saturated rings. The summed E-state index contributed by atoms with van der Waals surface area (Å²) in [5.41, 5.74) is 1.10. The summed E-state index contributed by atoms with van der Waals surface area (Å²) in [7, 11) is 0. The Kier molecular flexibility index (Phi) is 2.65. The first-order valence-electron chi connectivity index (χ1n) is 6.81. The lowest BCUT2D eigenvalue weighted by Gasteiger charge is -2.30. The van der Waals surface area contributed by atoms with Gasteiger partial charge in [-0.3, -0.25) is 4.79 Å². The predicted molar refractivity (Wildman–Crippen MR) is 70.1 cm³/mol. The van der Waals surface area contributed by atoms with E-state index in [0.717, 1.165) is 42.9 Å². The summed E-state index contributed by atoms with van der Waals surface area (Å²) in [6, 6.07) is 0. The second-order valence-electron chi connectivity index (χ2n) is 5.44. The van der Waals surface area contributed by atoms with E-state index in [1.165, 1.54) is 4.88 Å². The van der Waals surface area contributed by atoms with Gasteiger partial charge in [0.05, 0.1) is 18.9 Å². The summed E-state index contributed by atoms with van der Waals surface area (Å²) in [5, 5.41) is 3.66. The highest BCUT2D eigenvalue weighted by molar-refractivity contribution is 7.15. The average Bonchev–Trinajstić information content (AvgIpc) is 3.05. The van der Waals surface area contributed by atoms with Gasteiger partial charge in [-0.1, -0.05) is 0 Å². The summed E-state index contributed by atoms with van der Waals surface area (Å²) in [5.74, 6) is -0.0833. The fourth-order valence-electron chi connectivity index (χ4n) is 2.71. The molecule has 0 radical (unpaired) electrons. The van der Waals surface area contributed by atoms with Gasteiger partial charge in [-0.25, -0.2) is 4.98 Å². The highest BCUT2D eigenvalue weighted by atomic mass is 32.1. The van der Waals surface area contributed by atoms with Crippen LogP contribution in [0.5, 0.6) is 0 Å². The number of anilines is 1. The Hall–Kier alpha value is -0.980. The highest BCUT2D eigenvalue weighted by Crippen LogP contribution is 2.39. The maximum atomic E-state index is 11.7. The van der Waals surface area contributed by atoms with Crippen LogP contribution < -0.4 is 5.32 Å². The topological polar surface area (TPSA) is 60.5 Å². The molecule has 19 heavy (non-hydrogen) atoms. The molecule has 3 aliphatic rings. The smallest absolute Gasteiger partial charge is 0.229 e. The fourth-order valence-corrected chi connectivity index (χ4v) is 3.81. The first kappa shape index (κ1) is 11.8. The first-order valence-corrected chi connectivity index (χ1v) is 7.63. The van der Waals surface area contributed by atoms with E-state index < -0.39 is 5.79 Å². The lowest BCUT2D eigenvalue weighted by Crippen LogP contribution is -2.36. The van der Waals surface area contributed by atoms with Gasteiger partial charge in [0.2, 0.25) is 5.91 Å². The van der Waals surface area contributed by atoms with Crippen LogP contribution in [0.25, 0.3) is 0 Å². The van der Waals surface area contributed by atoms with E-state index in [4.69, 9.17) is 9.47 Å². The van der Waals surface area contributed by atoms with E-state index in [1.807, 2.05) is 0 Å². The number of thiazole rings is 1. The number of carbonyl (C=O) groups is 1. The Bertz CT molecular complexity index is 518. The van der Waals surface area contributed by atoms with Crippen molar-refractivity contribution in [2.45, 2.75) is 37.9 Å². The van der Waals surface area contributed by atoms with E-state index in [2.05, 4.69) is 10.3 Å². The van der Waals surface area contributed by atoms with Gasteiger partial charge in [0.1, 0.15) is 0 Å². The molecular formula is C13H16N2O3S. The van der Waals surface area contributed by atoms with Crippen LogP contribution in [0.15, 0.2) is 0 Å². The minimum atomic E-state index is -0.419. The van der Waals surface area contributed by atoms with Gasteiger partial charge in [0.15, 0.2) is 10.9 Å². The molecule has 5 nitrogen and oxygen atoms in total. The molecule has 0 bridgehead atoms. The number of nitrogens with zero attached hydrogens (tertiary/aromatic N) is 1. The summed E-state index contributed by atoms with van der Waals surface area (Å²) >= 11 is 1.57. The number of rotatable bonds is 2. The second-order valence-corrected chi connectivity index (χ2v) is 6.52. The van der Waals surface area contributed by atoms with Gasteiger partial charge in [0, 0.05) is 23.6 Å². The van der Waals surface area contributed by atoms with Crippen LogP contribution in [0.1, 0.15) is 29.8 Å². The van der Waals surface area contributed by atoms with Crippen LogP contribution in [-0.4, -0.2) is 29.9 Å². The van der Waals surface area contributed by atoms with Crippen LogP contribution in [-0.2, 0) is 27.1 Å². The van der Waals surface area contributed by atoms with E-state index in [0.29, 0.717) is 13.2 Å². The third-order valence-electron chi connectivity index (χ3n) is 3.94. The SMILES string of the molecule is O=C(Nc1nc2c(s1)CC1(CC2)OCCO1)C1CC1. The van der Waals surface area contributed by atoms with Crippen LogP contribution >= 0.6 is 11.3 Å². The Morgan fingerprint density at radius 3 is 2.89 bits per heavy atom. The number of aryl methyl sites for hydroxylation is 1. The molecule has 1 aromatic rings. The second kappa shape index (κ2) is 4.26. The van der Waals surface area contributed by atoms with E-state index in [-0.39, 0.29) is 11.8 Å². The molecule has 1 amide bonds. The predicted octanol–water partition coefficient (Wildman–Crippen LogP) is 1.72. The standard InChI is InChI=1S/C13H16N2O3S/c16-11(8-1-2-8)15-12-14-9-3-4-13(7-10(9)19-12)17-5-6-18-13/h8H,1-7H2,(H,14,15,16). The molecule has 1 spiro atoms. The van der Waals surface area contributed by atoms with E-state index >= 15 is 0 Å². The van der Waals surface area contributed by atoms with Crippen LogP contribution in [0, 0.1) is 5.92 Å². The Balaban J connectivity index is 1.51. The Labute approximate surface area is 115 Å². The Morgan fingerprint density at radius 2 is 2.16 bits per heavy atom. The fraction of sp³-hybridized carbons (Fsp3) is 0.692. The molecular weight excluding hydrogens is 264 g/mol. The van der Waals surface area contributed by atoms with Crippen molar-refractivity contribution < 1.29 is 14.3 Å².